The number of amides is 3. The molecule has 0 aliphatic carbocycles. The van der Waals surface area contributed by atoms with Crippen molar-refractivity contribution in [1.82, 2.24) is 25.9 Å². The molecule has 0 fully saturated rings. The number of benzene rings is 1. The standard InChI is InChI=1S/C26H39N9O5S/c1-41-11-9-18(27)22(36)34-21(13-17-14-30-15-32-17)24(38)35-20(12-16-6-3-2-4-7-16)23(37)33-19(25(39)40)8-5-10-31-26(28)29/h2-4,6-7,14-15,18-21H,5,8-13,27H2,1H3,(H,30,32)(H,33,37)(H,34,36)(H,35,38)(H,39,40)(H4,28,29,31). The summed E-state index contributed by atoms with van der Waals surface area (Å²) in [7, 11) is 0. The lowest BCUT2D eigenvalue weighted by Gasteiger charge is -2.25. The molecule has 14 nitrogen and oxygen atoms in total. The van der Waals surface area contributed by atoms with Gasteiger partial charge in [0, 0.05) is 31.3 Å². The first kappa shape index (κ1) is 33.1. The van der Waals surface area contributed by atoms with Crippen molar-refractivity contribution in [3.8, 4) is 0 Å². The second kappa shape index (κ2) is 17.6. The summed E-state index contributed by atoms with van der Waals surface area (Å²) in [5.74, 6) is -2.53. The summed E-state index contributed by atoms with van der Waals surface area (Å²) in [6, 6.07) is 4.67. The minimum Gasteiger partial charge on any atom is -0.480 e. The van der Waals surface area contributed by atoms with Crippen molar-refractivity contribution in [3.63, 3.8) is 0 Å². The van der Waals surface area contributed by atoms with Crippen LogP contribution in [0.2, 0.25) is 0 Å². The lowest BCUT2D eigenvalue weighted by Crippen LogP contribution is -2.58. The number of hydrogen-bond donors (Lipinski definition) is 8. The lowest BCUT2D eigenvalue weighted by molar-refractivity contribution is -0.142. The molecule has 1 heterocycles. The van der Waals surface area contributed by atoms with Crippen molar-refractivity contribution >= 4 is 41.4 Å². The van der Waals surface area contributed by atoms with Gasteiger partial charge in [-0.3, -0.25) is 19.4 Å². The number of rotatable bonds is 18. The van der Waals surface area contributed by atoms with Gasteiger partial charge in [-0.1, -0.05) is 30.3 Å². The highest BCUT2D eigenvalue weighted by atomic mass is 32.2. The highest BCUT2D eigenvalue weighted by Gasteiger charge is 2.31. The molecule has 41 heavy (non-hydrogen) atoms. The van der Waals surface area contributed by atoms with E-state index in [1.165, 1.54) is 12.5 Å². The van der Waals surface area contributed by atoms with Gasteiger partial charge in [0.05, 0.1) is 12.4 Å². The van der Waals surface area contributed by atoms with Crippen molar-refractivity contribution in [2.45, 2.75) is 56.3 Å². The number of thioether (sulfide) groups is 1. The smallest absolute Gasteiger partial charge is 0.326 e. The molecule has 0 spiro atoms. The van der Waals surface area contributed by atoms with Crippen LogP contribution in [-0.2, 0) is 32.0 Å². The van der Waals surface area contributed by atoms with E-state index in [9.17, 15) is 24.3 Å². The van der Waals surface area contributed by atoms with Crippen LogP contribution >= 0.6 is 11.8 Å². The van der Waals surface area contributed by atoms with Crippen molar-refractivity contribution < 1.29 is 24.3 Å². The molecule has 15 heteroatoms. The molecule has 2 aromatic rings. The molecule has 0 aliphatic rings. The Kier molecular flexibility index (Phi) is 14.2. The van der Waals surface area contributed by atoms with Crippen LogP contribution in [0.1, 0.15) is 30.5 Å². The molecule has 4 unspecified atom stereocenters. The number of guanidine groups is 1. The minimum atomic E-state index is -1.24. The minimum absolute atomic E-state index is 0.0645. The van der Waals surface area contributed by atoms with Gasteiger partial charge in [0.15, 0.2) is 5.96 Å². The predicted molar refractivity (Wildman–Crippen MR) is 157 cm³/mol. The van der Waals surface area contributed by atoms with Gasteiger partial charge in [0.25, 0.3) is 0 Å². The van der Waals surface area contributed by atoms with E-state index in [1.807, 2.05) is 12.3 Å². The highest BCUT2D eigenvalue weighted by Crippen LogP contribution is 2.08. The quantitative estimate of drug-likeness (QED) is 0.0590. The summed E-state index contributed by atoms with van der Waals surface area (Å²) in [6.45, 7) is 0.195. The zero-order valence-electron chi connectivity index (χ0n) is 22.9. The maximum atomic E-state index is 13.5. The van der Waals surface area contributed by atoms with E-state index in [-0.39, 0.29) is 31.8 Å². The average Bonchev–Trinajstić information content (AvgIpc) is 3.45. The number of imidazole rings is 1. The Morgan fingerprint density at radius 3 is 2.20 bits per heavy atom. The zero-order valence-corrected chi connectivity index (χ0v) is 23.7. The van der Waals surface area contributed by atoms with Gasteiger partial charge in [-0.25, -0.2) is 9.78 Å². The molecule has 0 saturated heterocycles. The van der Waals surface area contributed by atoms with E-state index in [0.717, 1.165) is 5.56 Å². The molecular weight excluding hydrogens is 550 g/mol. The SMILES string of the molecule is CSCCC(N)C(=O)NC(Cc1cnc[nH]1)C(=O)NC(Cc1ccccc1)C(=O)NC(CCCN=C(N)N)C(=O)O. The molecule has 1 aromatic carbocycles. The van der Waals surface area contributed by atoms with Gasteiger partial charge >= 0.3 is 5.97 Å². The number of aromatic nitrogens is 2. The van der Waals surface area contributed by atoms with Crippen molar-refractivity contribution in [1.29, 1.82) is 0 Å². The number of aliphatic imine (C=N–C) groups is 1. The Hall–Kier alpha value is -4.11. The number of carbonyl (C=O) groups is 4. The number of aliphatic carboxylic acids is 1. The summed E-state index contributed by atoms with van der Waals surface area (Å²) >= 11 is 1.55. The maximum absolute atomic E-state index is 13.5. The van der Waals surface area contributed by atoms with Gasteiger partial charge in [-0.15, -0.1) is 0 Å². The first-order chi connectivity index (χ1) is 19.6. The van der Waals surface area contributed by atoms with Gasteiger partial charge < -0.3 is 43.2 Å². The summed E-state index contributed by atoms with van der Waals surface area (Å²) in [5.41, 5.74) is 17.9. The molecule has 1 aromatic heterocycles. The fraction of sp³-hybridized carbons (Fsp3) is 0.462. The molecule has 2 rings (SSSR count). The monoisotopic (exact) mass is 589 g/mol. The Balaban J connectivity index is 2.22. The van der Waals surface area contributed by atoms with Crippen LogP contribution < -0.4 is 33.2 Å². The Morgan fingerprint density at radius 2 is 1.61 bits per heavy atom. The zero-order chi connectivity index (χ0) is 30.2. The average molecular weight is 590 g/mol. The second-order valence-electron chi connectivity index (χ2n) is 9.33. The summed E-state index contributed by atoms with van der Waals surface area (Å²) in [4.78, 5) is 62.1. The van der Waals surface area contributed by atoms with E-state index in [0.29, 0.717) is 24.3 Å². The number of carboxylic acids is 1. The summed E-state index contributed by atoms with van der Waals surface area (Å²) in [6.07, 6.45) is 5.80. The van der Waals surface area contributed by atoms with E-state index >= 15 is 0 Å². The van der Waals surface area contributed by atoms with Crippen LogP contribution in [0, 0.1) is 0 Å². The third-order valence-corrected chi connectivity index (χ3v) is 6.70. The van der Waals surface area contributed by atoms with Gasteiger partial charge in [0.2, 0.25) is 17.7 Å². The van der Waals surface area contributed by atoms with Crippen molar-refractivity contribution in [3.05, 3.63) is 54.1 Å². The maximum Gasteiger partial charge on any atom is 0.326 e. The van der Waals surface area contributed by atoms with Gasteiger partial charge in [0.1, 0.15) is 18.1 Å². The van der Waals surface area contributed by atoms with Crippen LogP contribution in [0.5, 0.6) is 0 Å². The number of aromatic amines is 1. The van der Waals surface area contributed by atoms with E-state index < -0.39 is 47.9 Å². The number of hydrogen-bond acceptors (Lipinski definition) is 8. The number of nitrogens with zero attached hydrogens (tertiary/aromatic N) is 2. The molecule has 224 valence electrons. The van der Waals surface area contributed by atoms with Gasteiger partial charge in [-0.05, 0) is 36.8 Å². The highest BCUT2D eigenvalue weighted by molar-refractivity contribution is 7.98. The fourth-order valence-electron chi connectivity index (χ4n) is 3.84. The number of carbonyl (C=O) groups excluding carboxylic acids is 3. The number of carboxylic acid groups (broad SMARTS) is 1. The van der Waals surface area contributed by atoms with Crippen LogP contribution in [0.15, 0.2) is 47.8 Å². The Morgan fingerprint density at radius 1 is 0.976 bits per heavy atom. The van der Waals surface area contributed by atoms with Gasteiger partial charge in [-0.2, -0.15) is 11.8 Å². The van der Waals surface area contributed by atoms with Crippen molar-refractivity contribution in [2.24, 2.45) is 22.2 Å². The molecule has 0 radical (unpaired) electrons. The first-order valence-electron chi connectivity index (χ1n) is 13.1. The lowest BCUT2D eigenvalue weighted by atomic mass is 10.0. The third-order valence-electron chi connectivity index (χ3n) is 6.06. The summed E-state index contributed by atoms with van der Waals surface area (Å²) < 4.78 is 0. The topological polar surface area (TPSA) is 244 Å². The Labute approximate surface area is 242 Å². The largest absolute Gasteiger partial charge is 0.480 e. The van der Waals surface area contributed by atoms with E-state index in [4.69, 9.17) is 17.2 Å². The molecule has 11 N–H and O–H groups in total. The molecular formula is C26H39N9O5S. The molecule has 4 atom stereocenters. The summed E-state index contributed by atoms with van der Waals surface area (Å²) in [5, 5.41) is 17.6. The number of nitrogens with two attached hydrogens (primary N) is 3. The third kappa shape index (κ3) is 12.3. The van der Waals surface area contributed by atoms with Crippen LogP contribution in [-0.4, -0.2) is 87.4 Å². The predicted octanol–water partition coefficient (Wildman–Crippen LogP) is -1.13. The van der Waals surface area contributed by atoms with E-state index in [2.05, 4.69) is 30.9 Å². The second-order valence-corrected chi connectivity index (χ2v) is 10.3. The first-order valence-corrected chi connectivity index (χ1v) is 14.4. The Bertz CT molecular complexity index is 1140. The van der Waals surface area contributed by atoms with Crippen LogP contribution in [0.3, 0.4) is 0 Å². The molecule has 0 bridgehead atoms. The van der Waals surface area contributed by atoms with Crippen LogP contribution in [0.4, 0.5) is 0 Å². The molecule has 0 aliphatic heterocycles. The fourth-order valence-corrected chi connectivity index (χ4v) is 4.33. The number of H-pyrrole nitrogens is 1. The normalized spacial score (nSPS) is 13.7. The molecule has 3 amide bonds. The van der Waals surface area contributed by atoms with Crippen LogP contribution in [0.25, 0.3) is 0 Å². The number of nitrogens with one attached hydrogen (secondary N) is 4. The van der Waals surface area contributed by atoms with E-state index in [1.54, 1.807) is 36.0 Å². The van der Waals surface area contributed by atoms with Crippen molar-refractivity contribution in [2.75, 3.05) is 18.6 Å². The molecule has 0 saturated carbocycles.